The van der Waals surface area contributed by atoms with E-state index in [1.807, 2.05) is 0 Å². The molecule has 0 atom stereocenters. The number of hydrogen-bond acceptors (Lipinski definition) is 2. The van der Waals surface area contributed by atoms with Crippen LogP contribution in [0, 0.1) is 0 Å². The number of furan rings is 1. The lowest BCUT2D eigenvalue weighted by Gasteiger charge is -2.53. The molecule has 1 aromatic heterocycles. The van der Waals surface area contributed by atoms with Gasteiger partial charge in [-0.1, -0.05) is 125 Å². The second kappa shape index (κ2) is 11.8. The zero-order valence-corrected chi connectivity index (χ0v) is 39.3. The number of rotatable bonds is 1. The van der Waals surface area contributed by atoms with Crippen molar-refractivity contribution in [3.05, 3.63) is 119 Å². The SMILES string of the molecule is CC(C)(C)c1ccc2oc(B3c4ccc5cc4N(c4cc6c(cc43)C(C)(C)CCC6(C)C)c3cc4c(cc3-c3ccc(cc3)[SH]5(C)(C)C)C(C)(C)CCC4(C)C)cc2c1. The topological polar surface area (TPSA) is 16.4 Å². The maximum Gasteiger partial charge on any atom is 0.291 e. The van der Waals surface area contributed by atoms with Gasteiger partial charge in [-0.25, -0.2) is 9.16 Å². The smallest absolute Gasteiger partial charge is 0.291 e. The highest BCUT2D eigenvalue weighted by atomic mass is 32.3. The fraction of sp³-hybridized carbons (Fsp3) is 0.418. The first-order valence-electron chi connectivity index (χ1n) is 22.3. The molecule has 0 saturated carbocycles. The van der Waals surface area contributed by atoms with E-state index in [1.54, 1.807) is 0 Å². The van der Waals surface area contributed by atoms with Crippen LogP contribution in [-0.2, 0) is 27.1 Å². The van der Waals surface area contributed by atoms with Gasteiger partial charge < -0.3 is 9.32 Å². The zero-order valence-electron chi connectivity index (χ0n) is 38.4. The van der Waals surface area contributed by atoms with Crippen LogP contribution in [0.15, 0.2) is 105 Å². The Morgan fingerprint density at radius 3 is 1.66 bits per heavy atom. The van der Waals surface area contributed by atoms with Crippen LogP contribution in [0.1, 0.15) is 130 Å². The van der Waals surface area contributed by atoms with Gasteiger partial charge >= 0.3 is 0 Å². The summed E-state index contributed by atoms with van der Waals surface area (Å²) in [4.78, 5) is 5.61. The van der Waals surface area contributed by atoms with Crippen molar-refractivity contribution in [2.75, 3.05) is 23.7 Å². The van der Waals surface area contributed by atoms with E-state index in [2.05, 4.69) is 191 Å². The van der Waals surface area contributed by atoms with Crippen molar-refractivity contribution in [2.24, 2.45) is 0 Å². The normalized spacial score (nSPS) is 21.6. The molecular formula is C55H66BNOS. The first kappa shape index (κ1) is 39.0. The van der Waals surface area contributed by atoms with E-state index in [-0.39, 0.29) is 33.8 Å². The molecule has 4 heterocycles. The highest BCUT2D eigenvalue weighted by molar-refractivity contribution is 8.48. The van der Waals surface area contributed by atoms with Gasteiger partial charge in [0, 0.05) is 22.3 Å². The first-order valence-corrected chi connectivity index (χ1v) is 25.9. The Labute approximate surface area is 355 Å². The molecule has 0 unspecified atom stereocenters. The molecule has 0 amide bonds. The molecule has 6 aromatic rings. The number of fused-ring (bicyclic) bond motifs is 6. The van der Waals surface area contributed by atoms with E-state index in [1.165, 1.54) is 108 Å². The van der Waals surface area contributed by atoms with Crippen molar-refractivity contribution < 1.29 is 4.42 Å². The lowest BCUT2D eigenvalue weighted by molar-refractivity contribution is 0.332. The fourth-order valence-corrected chi connectivity index (χ4v) is 14.0. The Morgan fingerprint density at radius 1 is 0.542 bits per heavy atom. The highest BCUT2D eigenvalue weighted by Gasteiger charge is 2.46. The molecule has 0 N–H and O–H groups in total. The largest absolute Gasteiger partial charge is 0.470 e. The summed E-state index contributed by atoms with van der Waals surface area (Å²) in [6, 6.07) is 37.0. The number of anilines is 3. The van der Waals surface area contributed by atoms with Crippen LogP contribution >= 0.6 is 9.16 Å². The molecule has 0 saturated heterocycles. The van der Waals surface area contributed by atoms with Crippen molar-refractivity contribution in [1.82, 2.24) is 0 Å². The third-order valence-electron chi connectivity index (χ3n) is 16.0. The summed E-state index contributed by atoms with van der Waals surface area (Å²) in [7, 11) is -2.58. The van der Waals surface area contributed by atoms with E-state index < -0.39 is 9.16 Å². The van der Waals surface area contributed by atoms with Gasteiger partial charge in [-0.2, -0.15) is 0 Å². The molecule has 2 aliphatic carbocycles. The minimum atomic E-state index is -2.58. The van der Waals surface area contributed by atoms with Crippen LogP contribution < -0.4 is 21.5 Å². The molecule has 306 valence electrons. The molecule has 4 heteroatoms. The summed E-state index contributed by atoms with van der Waals surface area (Å²) in [5.41, 5.74) is 18.8. The maximum atomic E-state index is 7.09. The third-order valence-corrected chi connectivity index (χ3v) is 20.2. The Morgan fingerprint density at radius 2 is 1.07 bits per heavy atom. The van der Waals surface area contributed by atoms with Crippen molar-refractivity contribution in [1.29, 1.82) is 0 Å². The van der Waals surface area contributed by atoms with Crippen LogP contribution in [-0.4, -0.2) is 25.5 Å². The first-order chi connectivity index (χ1) is 27.3. The van der Waals surface area contributed by atoms with Gasteiger partial charge in [0.2, 0.25) is 0 Å². The Bertz CT molecular complexity index is 2760. The number of benzene rings is 5. The van der Waals surface area contributed by atoms with Crippen LogP contribution in [0.2, 0.25) is 0 Å². The number of thiol groups is 1. The average molecular weight is 800 g/mol. The van der Waals surface area contributed by atoms with Gasteiger partial charge in [0.25, 0.3) is 6.71 Å². The van der Waals surface area contributed by atoms with Gasteiger partial charge in [0.1, 0.15) is 5.58 Å². The molecule has 0 fully saturated rings. The molecular weight excluding hydrogens is 733 g/mol. The second-order valence-corrected chi connectivity index (χ2v) is 30.5. The fourth-order valence-electron chi connectivity index (χ4n) is 11.4. The minimum absolute atomic E-state index is 0.0514. The van der Waals surface area contributed by atoms with Crippen LogP contribution in [0.25, 0.3) is 22.1 Å². The summed E-state index contributed by atoms with van der Waals surface area (Å²) < 4.78 is 7.09. The lowest BCUT2D eigenvalue weighted by atomic mass is 9.36. The Balaban J connectivity index is 1.36. The summed E-state index contributed by atoms with van der Waals surface area (Å²) in [6.45, 7) is 26.6. The Hall–Kier alpha value is -4.15. The van der Waals surface area contributed by atoms with E-state index in [9.17, 15) is 0 Å². The molecule has 3 aliphatic heterocycles. The van der Waals surface area contributed by atoms with Crippen molar-refractivity contribution >= 4 is 60.5 Å². The zero-order chi connectivity index (χ0) is 42.1. The average Bonchev–Trinajstić information content (AvgIpc) is 3.58. The van der Waals surface area contributed by atoms with Crippen LogP contribution in [0.3, 0.4) is 0 Å². The van der Waals surface area contributed by atoms with E-state index in [0.29, 0.717) is 0 Å². The molecule has 5 aromatic carbocycles. The van der Waals surface area contributed by atoms with Crippen LogP contribution in [0.4, 0.5) is 17.1 Å². The highest BCUT2D eigenvalue weighted by Crippen LogP contribution is 2.73. The molecule has 0 spiro atoms. The summed E-state index contributed by atoms with van der Waals surface area (Å²) in [5, 5.41) is 1.18. The monoisotopic (exact) mass is 799 g/mol. The number of nitrogens with zero attached hydrogens (tertiary/aromatic N) is 1. The van der Waals surface area contributed by atoms with E-state index in [4.69, 9.17) is 4.42 Å². The molecule has 5 aliphatic rings. The predicted molar refractivity (Wildman–Crippen MR) is 260 cm³/mol. The van der Waals surface area contributed by atoms with Crippen molar-refractivity contribution in [3.63, 3.8) is 0 Å². The summed E-state index contributed by atoms with van der Waals surface area (Å²) in [5.74, 6) is 0. The quantitative estimate of drug-likeness (QED) is 0.132. The third kappa shape index (κ3) is 5.67. The van der Waals surface area contributed by atoms with Crippen molar-refractivity contribution in [3.8, 4) is 11.1 Å². The minimum Gasteiger partial charge on any atom is -0.470 e. The standard InChI is InChI=1S/C55H66BNOS/c1-51(2,3)36-17-22-49-35(27-36)28-50(58-49)56-44-21-20-38-29-47(44)57(48-33-43-41(31-45(48)56)53(6,7)24-26-55(43,10)11)46-32-42-40(52(4,5)23-25-54(42,8)9)30-39(46)34-15-18-37(19-16-34)59(38,12,13)14/h15-22,27-33,59H,23-26H2,1-14H3. The predicted octanol–water partition coefficient (Wildman–Crippen LogP) is 13.1. The van der Waals surface area contributed by atoms with E-state index in [0.717, 1.165) is 11.2 Å². The second-order valence-electron chi connectivity index (χ2n) is 23.9. The van der Waals surface area contributed by atoms with Gasteiger partial charge in [-0.05, 0) is 168 Å². The molecule has 4 bridgehead atoms. The maximum absolute atomic E-state index is 7.09. The Kier molecular flexibility index (Phi) is 7.81. The van der Waals surface area contributed by atoms with E-state index >= 15 is 0 Å². The van der Waals surface area contributed by atoms with Crippen molar-refractivity contribution in [2.45, 2.75) is 139 Å². The van der Waals surface area contributed by atoms with Gasteiger partial charge in [0.15, 0.2) is 0 Å². The van der Waals surface area contributed by atoms with Gasteiger partial charge in [-0.3, -0.25) is 0 Å². The molecule has 59 heavy (non-hydrogen) atoms. The molecule has 2 nitrogen and oxygen atoms in total. The summed E-state index contributed by atoms with van der Waals surface area (Å²) in [6.07, 6.45) is 12.3. The summed E-state index contributed by atoms with van der Waals surface area (Å²) >= 11 is 0. The number of hydrogen-bond donors (Lipinski definition) is 1. The van der Waals surface area contributed by atoms with Gasteiger partial charge in [-0.15, -0.1) is 0 Å². The van der Waals surface area contributed by atoms with Gasteiger partial charge in [0.05, 0.1) is 11.3 Å². The lowest BCUT2D eigenvalue weighted by Crippen LogP contribution is -2.57. The van der Waals surface area contributed by atoms with Crippen LogP contribution in [0.5, 0.6) is 0 Å². The molecule has 11 rings (SSSR count). The molecule has 0 radical (unpaired) electrons.